The highest BCUT2D eigenvalue weighted by molar-refractivity contribution is 5.90. The van der Waals surface area contributed by atoms with E-state index in [-0.39, 0.29) is 0 Å². The molecule has 14 heavy (non-hydrogen) atoms. The Balaban J connectivity index is 2.77. The topological polar surface area (TPSA) is 16.1 Å². The van der Waals surface area contributed by atoms with Crippen LogP contribution in [0.3, 0.4) is 0 Å². The van der Waals surface area contributed by atoms with Crippen molar-refractivity contribution in [3.05, 3.63) is 36.0 Å². The third-order valence-electron chi connectivity index (χ3n) is 2.32. The van der Waals surface area contributed by atoms with E-state index in [1.165, 1.54) is 11.1 Å². The number of aromatic nitrogens is 1. The number of fused-ring (bicyclic) bond motifs is 1. The van der Waals surface area contributed by atoms with Gasteiger partial charge in [-0.2, -0.15) is 0 Å². The molecule has 0 aliphatic carbocycles. The lowest BCUT2D eigenvalue weighted by molar-refractivity contribution is 1.13. The van der Waals surface area contributed by atoms with Crippen LogP contribution in [-0.4, -0.2) is 19.1 Å². The molecule has 2 aromatic rings. The molecule has 0 saturated heterocycles. The zero-order valence-corrected chi connectivity index (χ0v) is 8.78. The molecular formula is C12H14N2. The fourth-order valence-electron chi connectivity index (χ4n) is 1.59. The Hall–Kier alpha value is -1.57. The summed E-state index contributed by atoms with van der Waals surface area (Å²) >= 11 is 0. The Morgan fingerprint density at radius 1 is 1.07 bits per heavy atom. The second-order valence-corrected chi connectivity index (χ2v) is 3.70. The van der Waals surface area contributed by atoms with Gasteiger partial charge < -0.3 is 4.90 Å². The Morgan fingerprint density at radius 2 is 1.86 bits per heavy atom. The van der Waals surface area contributed by atoms with Crippen LogP contribution in [0.4, 0.5) is 5.69 Å². The van der Waals surface area contributed by atoms with Gasteiger partial charge in [-0.25, -0.2) is 0 Å². The van der Waals surface area contributed by atoms with Gasteiger partial charge in [-0.1, -0.05) is 18.2 Å². The second-order valence-electron chi connectivity index (χ2n) is 3.70. The summed E-state index contributed by atoms with van der Waals surface area (Å²) in [7, 11) is 4.08. The van der Waals surface area contributed by atoms with E-state index in [9.17, 15) is 0 Å². The summed E-state index contributed by atoms with van der Waals surface area (Å²) in [5.74, 6) is 0. The first-order valence-electron chi connectivity index (χ1n) is 4.72. The lowest BCUT2D eigenvalue weighted by Gasteiger charge is -2.14. The third kappa shape index (κ3) is 1.43. The maximum atomic E-state index is 4.56. The van der Waals surface area contributed by atoms with Gasteiger partial charge in [0.25, 0.3) is 0 Å². The highest BCUT2D eigenvalue weighted by Crippen LogP contribution is 2.23. The van der Waals surface area contributed by atoms with E-state index in [0.29, 0.717) is 0 Å². The summed E-state index contributed by atoms with van der Waals surface area (Å²) in [6.45, 7) is 2.02. The number of anilines is 1. The van der Waals surface area contributed by atoms with Gasteiger partial charge in [-0.15, -0.1) is 0 Å². The van der Waals surface area contributed by atoms with Crippen LogP contribution >= 0.6 is 0 Å². The highest BCUT2D eigenvalue weighted by Gasteiger charge is 2.03. The standard InChI is InChI=1S/C12H14N2/c1-9-7-8-10-5-4-6-11(14(2)3)12(10)13-9/h4-8H,1-3H3. The fourth-order valence-corrected chi connectivity index (χ4v) is 1.59. The summed E-state index contributed by atoms with van der Waals surface area (Å²) in [6.07, 6.45) is 0. The van der Waals surface area contributed by atoms with Crippen molar-refractivity contribution in [2.75, 3.05) is 19.0 Å². The van der Waals surface area contributed by atoms with Crippen molar-refractivity contribution in [3.63, 3.8) is 0 Å². The van der Waals surface area contributed by atoms with E-state index in [4.69, 9.17) is 0 Å². The van der Waals surface area contributed by atoms with Gasteiger partial charge in [-0.3, -0.25) is 4.98 Å². The predicted molar refractivity (Wildman–Crippen MR) is 60.8 cm³/mol. The van der Waals surface area contributed by atoms with E-state index >= 15 is 0 Å². The number of para-hydroxylation sites is 1. The number of aryl methyl sites for hydroxylation is 1. The first-order chi connectivity index (χ1) is 6.68. The van der Waals surface area contributed by atoms with Gasteiger partial charge in [0.2, 0.25) is 0 Å². The van der Waals surface area contributed by atoms with Crippen LogP contribution in [0.5, 0.6) is 0 Å². The molecular weight excluding hydrogens is 172 g/mol. The minimum atomic E-state index is 1.06. The van der Waals surface area contributed by atoms with Crippen molar-refractivity contribution in [1.82, 2.24) is 4.98 Å². The van der Waals surface area contributed by atoms with Crippen LogP contribution in [-0.2, 0) is 0 Å². The lowest BCUT2D eigenvalue weighted by Crippen LogP contribution is -2.09. The van der Waals surface area contributed by atoms with E-state index < -0.39 is 0 Å². The van der Waals surface area contributed by atoms with Gasteiger partial charge in [-0.05, 0) is 19.1 Å². The van der Waals surface area contributed by atoms with Gasteiger partial charge in [0.1, 0.15) is 0 Å². The van der Waals surface area contributed by atoms with Crippen molar-refractivity contribution in [2.45, 2.75) is 6.92 Å². The number of hydrogen-bond donors (Lipinski definition) is 0. The Kier molecular flexibility index (Phi) is 2.12. The number of pyridine rings is 1. The molecule has 0 amide bonds. The molecule has 0 unspecified atom stereocenters. The van der Waals surface area contributed by atoms with Gasteiger partial charge in [0, 0.05) is 25.2 Å². The average Bonchev–Trinajstić information content (AvgIpc) is 2.16. The van der Waals surface area contributed by atoms with Crippen molar-refractivity contribution in [1.29, 1.82) is 0 Å². The molecule has 0 fully saturated rings. The maximum Gasteiger partial charge on any atom is 0.0938 e. The van der Waals surface area contributed by atoms with Gasteiger partial charge >= 0.3 is 0 Å². The molecule has 2 nitrogen and oxygen atoms in total. The second kappa shape index (κ2) is 3.29. The monoisotopic (exact) mass is 186 g/mol. The van der Waals surface area contributed by atoms with Crippen LogP contribution in [0.25, 0.3) is 10.9 Å². The number of rotatable bonds is 1. The van der Waals surface area contributed by atoms with Crippen molar-refractivity contribution < 1.29 is 0 Å². The Labute approximate surface area is 84.2 Å². The van der Waals surface area contributed by atoms with Crippen molar-refractivity contribution in [3.8, 4) is 0 Å². The van der Waals surface area contributed by atoms with Crippen LogP contribution in [0.1, 0.15) is 5.69 Å². The number of hydrogen-bond acceptors (Lipinski definition) is 2. The summed E-state index contributed by atoms with van der Waals surface area (Å²) in [4.78, 5) is 6.65. The molecule has 0 spiro atoms. The van der Waals surface area contributed by atoms with Gasteiger partial charge in [0.05, 0.1) is 11.2 Å². The molecule has 0 saturated carbocycles. The van der Waals surface area contributed by atoms with Crippen LogP contribution in [0.2, 0.25) is 0 Å². The molecule has 0 N–H and O–H groups in total. The van der Waals surface area contributed by atoms with Crippen LogP contribution < -0.4 is 4.90 Å². The molecule has 2 heteroatoms. The Morgan fingerprint density at radius 3 is 2.57 bits per heavy atom. The summed E-state index contributed by atoms with van der Waals surface area (Å²) in [5.41, 5.74) is 3.32. The third-order valence-corrected chi connectivity index (χ3v) is 2.32. The summed E-state index contributed by atoms with van der Waals surface area (Å²) in [6, 6.07) is 10.4. The zero-order valence-electron chi connectivity index (χ0n) is 8.78. The minimum absolute atomic E-state index is 1.06. The molecule has 1 heterocycles. The maximum absolute atomic E-state index is 4.56. The zero-order chi connectivity index (χ0) is 10.1. The molecule has 2 rings (SSSR count). The Bertz CT molecular complexity index is 461. The summed E-state index contributed by atoms with van der Waals surface area (Å²) in [5, 5.41) is 1.20. The molecule has 0 atom stereocenters. The van der Waals surface area contributed by atoms with Gasteiger partial charge in [0.15, 0.2) is 0 Å². The largest absolute Gasteiger partial charge is 0.376 e. The number of benzene rings is 1. The normalized spacial score (nSPS) is 10.5. The minimum Gasteiger partial charge on any atom is -0.376 e. The van der Waals surface area contributed by atoms with Crippen LogP contribution in [0.15, 0.2) is 30.3 Å². The van der Waals surface area contributed by atoms with E-state index in [1.54, 1.807) is 0 Å². The average molecular weight is 186 g/mol. The smallest absolute Gasteiger partial charge is 0.0938 e. The van der Waals surface area contributed by atoms with Crippen molar-refractivity contribution in [2.24, 2.45) is 0 Å². The molecule has 1 aromatic heterocycles. The fraction of sp³-hybridized carbons (Fsp3) is 0.250. The SMILES string of the molecule is Cc1ccc2cccc(N(C)C)c2n1. The van der Waals surface area contributed by atoms with Crippen LogP contribution in [0, 0.1) is 6.92 Å². The lowest BCUT2D eigenvalue weighted by atomic mass is 10.1. The molecule has 0 bridgehead atoms. The quantitative estimate of drug-likeness (QED) is 0.680. The molecule has 0 aliphatic rings. The van der Waals surface area contributed by atoms with E-state index in [1.807, 2.05) is 27.1 Å². The van der Waals surface area contributed by atoms with Crippen molar-refractivity contribution >= 4 is 16.6 Å². The molecule has 72 valence electrons. The number of nitrogens with zero attached hydrogens (tertiary/aromatic N) is 2. The highest BCUT2D eigenvalue weighted by atomic mass is 15.1. The molecule has 0 aliphatic heterocycles. The summed E-state index contributed by atoms with van der Waals surface area (Å²) < 4.78 is 0. The first kappa shape index (κ1) is 9.00. The molecule has 1 aromatic carbocycles. The predicted octanol–water partition coefficient (Wildman–Crippen LogP) is 2.61. The van der Waals surface area contributed by atoms with E-state index in [2.05, 4.69) is 34.1 Å². The first-order valence-corrected chi connectivity index (χ1v) is 4.72. The molecule has 0 radical (unpaired) electrons. The van der Waals surface area contributed by atoms with E-state index in [0.717, 1.165) is 11.2 Å².